The van der Waals surface area contributed by atoms with Gasteiger partial charge in [0.05, 0.1) is 27.6 Å². The van der Waals surface area contributed by atoms with Crippen LogP contribution < -0.4 is 0 Å². The number of hydrogen-bond donors (Lipinski definition) is 2. The Balaban J connectivity index is 3.65. The average molecular weight is 413 g/mol. The first-order valence-electron chi connectivity index (χ1n) is 12.1. The minimum Gasteiger partial charge on any atom is -0.481 e. The number of rotatable bonds is 20. The van der Waals surface area contributed by atoms with Crippen LogP contribution in [0.5, 0.6) is 0 Å². The topological polar surface area (TPSA) is 57.5 Å². The van der Waals surface area contributed by atoms with Crippen LogP contribution in [0, 0.1) is 0 Å². The molecule has 172 valence electrons. The van der Waals surface area contributed by atoms with E-state index in [4.69, 9.17) is 5.11 Å². The van der Waals surface area contributed by atoms with E-state index in [1.807, 2.05) is 21.1 Å². The Bertz CT molecular complexity index is 428. The maximum Gasteiger partial charge on any atom is 0.306 e. The maximum absolute atomic E-state index is 11.1. The van der Waals surface area contributed by atoms with Crippen LogP contribution in [0.4, 0.5) is 0 Å². The van der Waals surface area contributed by atoms with Gasteiger partial charge >= 0.3 is 5.97 Å². The van der Waals surface area contributed by atoms with Crippen molar-refractivity contribution in [2.75, 3.05) is 27.7 Å². The smallest absolute Gasteiger partial charge is 0.306 e. The van der Waals surface area contributed by atoms with Gasteiger partial charge in [0.25, 0.3) is 0 Å². The van der Waals surface area contributed by atoms with E-state index in [0.717, 1.165) is 12.8 Å². The Labute approximate surface area is 181 Å². The number of likely N-dealkylation sites (N-methyl/N-ethyl adjacent to an activating group) is 1. The van der Waals surface area contributed by atoms with E-state index in [1.54, 1.807) is 0 Å². The number of aliphatic carboxylic acids is 1. The van der Waals surface area contributed by atoms with Crippen molar-refractivity contribution in [1.82, 2.24) is 0 Å². The molecular weight excluding hydrogens is 362 g/mol. The van der Waals surface area contributed by atoms with E-state index in [-0.39, 0.29) is 6.42 Å². The van der Waals surface area contributed by atoms with Crippen LogP contribution in [0.15, 0.2) is 12.2 Å². The average Bonchev–Trinajstić information content (AvgIpc) is 2.59. The molecule has 0 rings (SSSR count). The maximum atomic E-state index is 11.1. The van der Waals surface area contributed by atoms with E-state index in [9.17, 15) is 9.90 Å². The molecule has 1 atom stereocenters. The largest absolute Gasteiger partial charge is 0.481 e. The normalized spacial score (nSPS) is 14.4. The molecule has 0 saturated carbocycles. The second kappa shape index (κ2) is 16.9. The fourth-order valence-electron chi connectivity index (χ4n) is 4.09. The fraction of sp³-hybridized carbons (Fsp3) is 0.880. The lowest BCUT2D eigenvalue weighted by Crippen LogP contribution is -2.50. The summed E-state index contributed by atoms with van der Waals surface area (Å²) in [6.07, 6.45) is 22.7. The highest BCUT2D eigenvalue weighted by molar-refractivity contribution is 5.68. The summed E-state index contributed by atoms with van der Waals surface area (Å²) in [6.45, 7) is 2.74. The molecule has 4 heteroatoms. The summed E-state index contributed by atoms with van der Waals surface area (Å²) in [4.78, 5) is 11.1. The Morgan fingerprint density at radius 2 is 1.24 bits per heavy atom. The molecule has 0 aromatic heterocycles. The Kier molecular flexibility index (Phi) is 16.4. The molecule has 0 saturated heterocycles. The molecular formula is C25H50NO3+. The number of aliphatic hydroxyl groups is 1. The summed E-state index contributed by atoms with van der Waals surface area (Å²) in [6, 6.07) is 0. The van der Waals surface area contributed by atoms with Gasteiger partial charge in [-0.15, -0.1) is 0 Å². The number of carboxylic acids is 1. The summed E-state index contributed by atoms with van der Waals surface area (Å²) in [5.41, 5.74) is -1.09. The fourth-order valence-corrected chi connectivity index (χ4v) is 4.09. The summed E-state index contributed by atoms with van der Waals surface area (Å²) in [7, 11) is 5.98. The van der Waals surface area contributed by atoms with Crippen LogP contribution in [-0.4, -0.2) is 54.0 Å². The van der Waals surface area contributed by atoms with Crippen molar-refractivity contribution < 1.29 is 19.5 Å². The zero-order valence-electron chi connectivity index (χ0n) is 19.9. The van der Waals surface area contributed by atoms with Gasteiger partial charge in [0, 0.05) is 0 Å². The first-order valence-corrected chi connectivity index (χ1v) is 12.1. The van der Waals surface area contributed by atoms with Crippen molar-refractivity contribution in [3.05, 3.63) is 12.2 Å². The van der Waals surface area contributed by atoms with Gasteiger partial charge in [-0.2, -0.15) is 0 Å². The predicted octanol–water partition coefficient (Wildman–Crippen LogP) is 6.33. The van der Waals surface area contributed by atoms with Crippen molar-refractivity contribution in [2.45, 2.75) is 115 Å². The molecule has 1 unspecified atom stereocenters. The van der Waals surface area contributed by atoms with E-state index in [2.05, 4.69) is 19.1 Å². The molecule has 4 nitrogen and oxygen atoms in total. The van der Waals surface area contributed by atoms with Gasteiger partial charge < -0.3 is 14.7 Å². The second-order valence-electron chi connectivity index (χ2n) is 9.93. The molecule has 0 aliphatic heterocycles. The molecule has 0 heterocycles. The highest BCUT2D eigenvalue weighted by Crippen LogP contribution is 2.23. The van der Waals surface area contributed by atoms with Crippen LogP contribution in [0.1, 0.15) is 110 Å². The monoisotopic (exact) mass is 412 g/mol. The summed E-state index contributed by atoms with van der Waals surface area (Å²) in [5.74, 6) is -0.912. The van der Waals surface area contributed by atoms with E-state index in [1.165, 1.54) is 77.0 Å². The molecule has 0 fully saturated rings. The van der Waals surface area contributed by atoms with Gasteiger partial charge in [-0.25, -0.2) is 0 Å². The zero-order chi connectivity index (χ0) is 22.0. The number of nitrogens with zero attached hydrogens (tertiary/aromatic N) is 1. The highest BCUT2D eigenvalue weighted by Gasteiger charge is 2.35. The van der Waals surface area contributed by atoms with Gasteiger partial charge in [-0.1, -0.05) is 83.3 Å². The van der Waals surface area contributed by atoms with Crippen LogP contribution in [0.3, 0.4) is 0 Å². The molecule has 2 N–H and O–H groups in total. The predicted molar refractivity (Wildman–Crippen MR) is 124 cm³/mol. The van der Waals surface area contributed by atoms with Crippen molar-refractivity contribution in [3.63, 3.8) is 0 Å². The van der Waals surface area contributed by atoms with Crippen LogP contribution in [0.2, 0.25) is 0 Å². The minimum absolute atomic E-state index is 0.159. The van der Waals surface area contributed by atoms with E-state index >= 15 is 0 Å². The molecule has 0 aliphatic carbocycles. The van der Waals surface area contributed by atoms with Crippen LogP contribution in [-0.2, 0) is 4.79 Å². The summed E-state index contributed by atoms with van der Waals surface area (Å²) in [5, 5.41) is 19.8. The third-order valence-electron chi connectivity index (χ3n) is 5.40. The first-order chi connectivity index (χ1) is 13.7. The number of unbranched alkanes of at least 4 members (excludes halogenated alkanes) is 12. The standard InChI is InChI=1S/C25H49NO3/c1-5-6-7-8-9-10-11-12-13-14-15-16-17-18-19-20-21-25(29,22-24(27)28)23-26(2,3)4/h12-13,29H,5-11,14-23H2,1-4H3/p+1/b13-12+. The minimum atomic E-state index is -1.09. The van der Waals surface area contributed by atoms with Gasteiger partial charge in [-0.05, 0) is 32.1 Å². The molecule has 0 amide bonds. The molecule has 0 spiro atoms. The van der Waals surface area contributed by atoms with Crippen molar-refractivity contribution >= 4 is 5.97 Å². The Hall–Kier alpha value is -0.870. The molecule has 0 aromatic carbocycles. The number of quaternary nitrogens is 1. The third-order valence-corrected chi connectivity index (χ3v) is 5.40. The van der Waals surface area contributed by atoms with Gasteiger partial charge in [0.1, 0.15) is 12.1 Å². The quantitative estimate of drug-likeness (QED) is 0.140. The zero-order valence-corrected chi connectivity index (χ0v) is 19.9. The molecule has 0 aliphatic rings. The number of carboxylic acid groups (broad SMARTS) is 1. The number of carbonyl (C=O) groups is 1. The van der Waals surface area contributed by atoms with Crippen molar-refractivity contribution in [2.24, 2.45) is 0 Å². The van der Waals surface area contributed by atoms with Crippen LogP contribution >= 0.6 is 0 Å². The van der Waals surface area contributed by atoms with Crippen molar-refractivity contribution in [1.29, 1.82) is 0 Å². The lowest BCUT2D eigenvalue weighted by Gasteiger charge is -2.34. The molecule has 0 aromatic rings. The SMILES string of the molecule is CCCCCCCC/C=C/CCCCCCCCC(O)(CC(=O)O)C[N+](C)(C)C. The molecule has 0 radical (unpaired) electrons. The van der Waals surface area contributed by atoms with Gasteiger partial charge in [0.2, 0.25) is 0 Å². The third kappa shape index (κ3) is 20.2. The van der Waals surface area contributed by atoms with E-state index < -0.39 is 11.6 Å². The van der Waals surface area contributed by atoms with Gasteiger partial charge in [-0.3, -0.25) is 4.79 Å². The Morgan fingerprint density at radius 3 is 1.69 bits per heavy atom. The summed E-state index contributed by atoms with van der Waals surface area (Å²) >= 11 is 0. The lowest BCUT2D eigenvalue weighted by atomic mass is 9.91. The van der Waals surface area contributed by atoms with Gasteiger partial charge in [0.15, 0.2) is 0 Å². The highest BCUT2D eigenvalue weighted by atomic mass is 16.4. The number of allylic oxidation sites excluding steroid dienone is 2. The van der Waals surface area contributed by atoms with E-state index in [0.29, 0.717) is 17.4 Å². The summed E-state index contributed by atoms with van der Waals surface area (Å²) < 4.78 is 0.580. The van der Waals surface area contributed by atoms with Crippen molar-refractivity contribution in [3.8, 4) is 0 Å². The molecule has 0 bridgehead atoms. The first kappa shape index (κ1) is 28.1. The molecule has 29 heavy (non-hydrogen) atoms. The lowest BCUT2D eigenvalue weighted by molar-refractivity contribution is -0.877. The van der Waals surface area contributed by atoms with Crippen LogP contribution in [0.25, 0.3) is 0 Å². The Morgan fingerprint density at radius 1 is 0.793 bits per heavy atom. The second-order valence-corrected chi connectivity index (χ2v) is 9.93. The number of hydrogen-bond acceptors (Lipinski definition) is 2.